The number of thioether (sulfide) groups is 1. The van der Waals surface area contributed by atoms with E-state index in [2.05, 4.69) is 10.6 Å². The Hall–Kier alpha value is -0.910. The second-order valence-corrected chi connectivity index (χ2v) is 6.24. The lowest BCUT2D eigenvalue weighted by molar-refractivity contribution is -0.150. The molecule has 3 N–H and O–H groups in total. The summed E-state index contributed by atoms with van der Waals surface area (Å²) in [6.07, 6.45) is 6.24. The smallest absolute Gasteiger partial charge is 0.315 e. The van der Waals surface area contributed by atoms with Crippen LogP contribution < -0.4 is 10.6 Å². The average molecular weight is 288 g/mol. The van der Waals surface area contributed by atoms with E-state index in [0.717, 1.165) is 25.0 Å². The van der Waals surface area contributed by atoms with Gasteiger partial charge in [-0.05, 0) is 26.0 Å². The number of aliphatic carboxylic acids is 1. The Morgan fingerprint density at radius 2 is 1.95 bits per heavy atom. The number of carbonyl (C=O) groups is 2. The average Bonchev–Trinajstić information content (AvgIpc) is 2.37. The Labute approximate surface area is 118 Å². The lowest BCUT2D eigenvalue weighted by Crippen LogP contribution is -2.49. The number of amides is 2. The van der Waals surface area contributed by atoms with Crippen molar-refractivity contribution >= 4 is 23.8 Å². The molecule has 1 aliphatic carbocycles. The molecule has 0 spiro atoms. The van der Waals surface area contributed by atoms with Crippen LogP contribution in [-0.4, -0.2) is 41.7 Å². The topological polar surface area (TPSA) is 78.4 Å². The maximum absolute atomic E-state index is 11.7. The molecule has 110 valence electrons. The van der Waals surface area contributed by atoms with E-state index in [1.807, 2.05) is 13.2 Å². The molecule has 2 amide bonds. The van der Waals surface area contributed by atoms with E-state index in [4.69, 9.17) is 0 Å². The predicted molar refractivity (Wildman–Crippen MR) is 77.5 cm³/mol. The zero-order valence-corrected chi connectivity index (χ0v) is 12.5. The van der Waals surface area contributed by atoms with Crippen LogP contribution in [0.3, 0.4) is 0 Å². The van der Waals surface area contributed by atoms with Crippen molar-refractivity contribution in [1.29, 1.82) is 0 Å². The normalized spacial score (nSPS) is 19.5. The molecule has 1 unspecified atom stereocenters. The maximum Gasteiger partial charge on any atom is 0.315 e. The number of rotatable bonds is 6. The second kappa shape index (κ2) is 7.62. The number of carboxylic acids is 1. The van der Waals surface area contributed by atoms with E-state index in [-0.39, 0.29) is 18.6 Å². The predicted octanol–water partition coefficient (Wildman–Crippen LogP) is 2.07. The fourth-order valence-corrected chi connectivity index (χ4v) is 3.09. The highest BCUT2D eigenvalue weighted by Gasteiger charge is 2.39. The van der Waals surface area contributed by atoms with Crippen LogP contribution in [0.5, 0.6) is 0 Å². The first-order valence-corrected chi connectivity index (χ1v) is 8.16. The van der Waals surface area contributed by atoms with E-state index in [9.17, 15) is 14.7 Å². The van der Waals surface area contributed by atoms with Crippen molar-refractivity contribution in [3.8, 4) is 0 Å². The second-order valence-electron chi connectivity index (χ2n) is 5.33. The first kappa shape index (κ1) is 16.1. The van der Waals surface area contributed by atoms with Gasteiger partial charge in [-0.25, -0.2) is 4.79 Å². The SMILES string of the molecule is CSCC(C)NC(=O)NCC1(C(=O)O)CCCCC1. The number of urea groups is 1. The summed E-state index contributed by atoms with van der Waals surface area (Å²) in [5.41, 5.74) is -0.766. The third-order valence-corrected chi connectivity index (χ3v) is 4.48. The highest BCUT2D eigenvalue weighted by Crippen LogP contribution is 2.35. The Bertz CT molecular complexity index is 317. The highest BCUT2D eigenvalue weighted by molar-refractivity contribution is 7.98. The van der Waals surface area contributed by atoms with Crippen molar-refractivity contribution in [2.45, 2.75) is 45.1 Å². The van der Waals surface area contributed by atoms with Crippen molar-refractivity contribution in [3.05, 3.63) is 0 Å². The summed E-state index contributed by atoms with van der Waals surface area (Å²) in [4.78, 5) is 23.1. The van der Waals surface area contributed by atoms with Gasteiger partial charge < -0.3 is 15.7 Å². The Kier molecular flexibility index (Phi) is 6.48. The van der Waals surface area contributed by atoms with Gasteiger partial charge >= 0.3 is 12.0 Å². The Balaban J connectivity index is 2.44. The molecular formula is C13H24N2O3S. The molecule has 5 nitrogen and oxygen atoms in total. The fourth-order valence-electron chi connectivity index (χ4n) is 2.51. The lowest BCUT2D eigenvalue weighted by atomic mass is 9.74. The number of hydrogen-bond acceptors (Lipinski definition) is 3. The molecule has 1 aliphatic rings. The molecule has 1 atom stereocenters. The molecule has 0 aliphatic heterocycles. The molecule has 1 fully saturated rings. The van der Waals surface area contributed by atoms with Crippen molar-refractivity contribution in [3.63, 3.8) is 0 Å². The van der Waals surface area contributed by atoms with Gasteiger partial charge in [-0.3, -0.25) is 4.79 Å². The van der Waals surface area contributed by atoms with Crippen molar-refractivity contribution in [1.82, 2.24) is 10.6 Å². The van der Waals surface area contributed by atoms with Crippen LogP contribution in [-0.2, 0) is 4.79 Å². The molecule has 0 bridgehead atoms. The minimum atomic E-state index is -0.787. The maximum atomic E-state index is 11.7. The van der Waals surface area contributed by atoms with E-state index in [0.29, 0.717) is 12.8 Å². The molecule has 0 aromatic rings. The summed E-state index contributed by atoms with van der Waals surface area (Å²) < 4.78 is 0. The molecule has 6 heteroatoms. The first-order valence-electron chi connectivity index (χ1n) is 6.77. The largest absolute Gasteiger partial charge is 0.481 e. The van der Waals surface area contributed by atoms with Gasteiger partial charge in [-0.1, -0.05) is 19.3 Å². The monoisotopic (exact) mass is 288 g/mol. The molecular weight excluding hydrogens is 264 g/mol. The van der Waals surface area contributed by atoms with Gasteiger partial charge in [0.05, 0.1) is 5.41 Å². The minimum absolute atomic E-state index is 0.0853. The van der Waals surface area contributed by atoms with Crippen LogP contribution in [0.2, 0.25) is 0 Å². The summed E-state index contributed by atoms with van der Waals surface area (Å²) in [7, 11) is 0. The lowest BCUT2D eigenvalue weighted by Gasteiger charge is -2.33. The van der Waals surface area contributed by atoms with Gasteiger partial charge in [0.1, 0.15) is 0 Å². The zero-order valence-electron chi connectivity index (χ0n) is 11.7. The summed E-state index contributed by atoms with van der Waals surface area (Å²) >= 11 is 1.67. The van der Waals surface area contributed by atoms with Crippen LogP contribution in [0, 0.1) is 5.41 Å². The number of carbonyl (C=O) groups excluding carboxylic acids is 1. The molecule has 0 aromatic heterocycles. The van der Waals surface area contributed by atoms with E-state index in [1.165, 1.54) is 0 Å². The van der Waals surface area contributed by atoms with Crippen LogP contribution >= 0.6 is 11.8 Å². The molecule has 1 rings (SSSR count). The van der Waals surface area contributed by atoms with Gasteiger partial charge in [0.15, 0.2) is 0 Å². The summed E-state index contributed by atoms with van der Waals surface area (Å²) in [5.74, 6) is 0.0574. The van der Waals surface area contributed by atoms with E-state index in [1.54, 1.807) is 11.8 Å². The number of nitrogens with one attached hydrogen (secondary N) is 2. The van der Waals surface area contributed by atoms with Crippen molar-refractivity contribution < 1.29 is 14.7 Å². The molecule has 0 radical (unpaired) electrons. The van der Waals surface area contributed by atoms with Crippen LogP contribution in [0.25, 0.3) is 0 Å². The summed E-state index contributed by atoms with van der Waals surface area (Å²) in [6, 6.07) is -0.185. The van der Waals surface area contributed by atoms with Gasteiger partial charge in [-0.2, -0.15) is 11.8 Å². The van der Waals surface area contributed by atoms with E-state index < -0.39 is 11.4 Å². The number of carboxylic acid groups (broad SMARTS) is 1. The van der Waals surface area contributed by atoms with Crippen LogP contribution in [0.4, 0.5) is 4.79 Å². The van der Waals surface area contributed by atoms with Gasteiger partial charge in [-0.15, -0.1) is 0 Å². The Morgan fingerprint density at radius 3 is 2.47 bits per heavy atom. The van der Waals surface area contributed by atoms with E-state index >= 15 is 0 Å². The molecule has 0 saturated heterocycles. The van der Waals surface area contributed by atoms with Crippen molar-refractivity contribution in [2.24, 2.45) is 5.41 Å². The molecule has 19 heavy (non-hydrogen) atoms. The quantitative estimate of drug-likeness (QED) is 0.699. The third kappa shape index (κ3) is 4.93. The number of hydrogen-bond donors (Lipinski definition) is 3. The molecule has 1 saturated carbocycles. The molecule has 0 aromatic carbocycles. The first-order chi connectivity index (χ1) is 9.00. The third-order valence-electron chi connectivity index (χ3n) is 3.65. The summed E-state index contributed by atoms with van der Waals surface area (Å²) in [5, 5.41) is 14.9. The van der Waals surface area contributed by atoms with Gasteiger partial charge in [0.25, 0.3) is 0 Å². The van der Waals surface area contributed by atoms with Crippen molar-refractivity contribution in [2.75, 3.05) is 18.6 Å². The summed E-state index contributed by atoms with van der Waals surface area (Å²) in [6.45, 7) is 2.16. The van der Waals surface area contributed by atoms with Gasteiger partial charge in [0.2, 0.25) is 0 Å². The van der Waals surface area contributed by atoms with Crippen LogP contribution in [0.1, 0.15) is 39.0 Å². The zero-order chi connectivity index (χ0) is 14.3. The standard InChI is InChI=1S/C13H24N2O3S/c1-10(8-19-2)15-12(18)14-9-13(11(16)17)6-4-3-5-7-13/h10H,3-9H2,1-2H3,(H,16,17)(H2,14,15,18). The van der Waals surface area contributed by atoms with Gasteiger partial charge in [0, 0.05) is 18.3 Å². The Morgan fingerprint density at radius 1 is 1.32 bits per heavy atom. The van der Waals surface area contributed by atoms with Crippen LogP contribution in [0.15, 0.2) is 0 Å². The fraction of sp³-hybridized carbons (Fsp3) is 0.846. The highest BCUT2D eigenvalue weighted by atomic mass is 32.2. The minimum Gasteiger partial charge on any atom is -0.481 e. The molecule has 0 heterocycles.